The molecule has 4 rings (SSSR count). The molecule has 0 aliphatic heterocycles. The summed E-state index contributed by atoms with van der Waals surface area (Å²) < 4.78 is 5.30. The molecular weight excluding hydrogens is 292 g/mol. The second kappa shape index (κ2) is 5.68. The molecular formula is C23H20O. The zero-order chi connectivity index (χ0) is 16.7. The highest BCUT2D eigenvalue weighted by Gasteiger charge is 2.11. The van der Waals surface area contributed by atoms with Crippen LogP contribution in [0.15, 0.2) is 66.7 Å². The maximum Gasteiger partial charge on any atom is 0.118 e. The molecule has 0 saturated heterocycles. The van der Waals surface area contributed by atoms with E-state index in [1.54, 1.807) is 7.11 Å². The van der Waals surface area contributed by atoms with Gasteiger partial charge in [-0.2, -0.15) is 0 Å². The van der Waals surface area contributed by atoms with Gasteiger partial charge in [-0.3, -0.25) is 0 Å². The van der Waals surface area contributed by atoms with Gasteiger partial charge < -0.3 is 4.74 Å². The van der Waals surface area contributed by atoms with Gasteiger partial charge in [0.25, 0.3) is 0 Å². The Morgan fingerprint density at radius 1 is 0.708 bits per heavy atom. The fourth-order valence-corrected chi connectivity index (χ4v) is 3.46. The van der Waals surface area contributed by atoms with E-state index in [4.69, 9.17) is 4.74 Å². The van der Waals surface area contributed by atoms with Crippen LogP contribution in [0, 0.1) is 13.8 Å². The highest BCUT2D eigenvalue weighted by molar-refractivity contribution is 6.06. The van der Waals surface area contributed by atoms with Crippen LogP contribution in [-0.4, -0.2) is 7.11 Å². The van der Waals surface area contributed by atoms with Crippen molar-refractivity contribution in [3.05, 3.63) is 77.9 Å². The van der Waals surface area contributed by atoms with E-state index in [0.29, 0.717) is 0 Å². The topological polar surface area (TPSA) is 9.23 Å². The van der Waals surface area contributed by atoms with E-state index in [9.17, 15) is 0 Å². The molecule has 0 spiro atoms. The van der Waals surface area contributed by atoms with Crippen LogP contribution in [-0.2, 0) is 0 Å². The molecule has 0 fully saturated rings. The third-order valence-corrected chi connectivity index (χ3v) is 4.90. The molecule has 0 unspecified atom stereocenters. The van der Waals surface area contributed by atoms with Gasteiger partial charge in [-0.15, -0.1) is 0 Å². The third-order valence-electron chi connectivity index (χ3n) is 4.90. The van der Waals surface area contributed by atoms with Gasteiger partial charge in [-0.1, -0.05) is 42.5 Å². The number of hydrogen-bond acceptors (Lipinski definition) is 1. The molecule has 0 aliphatic carbocycles. The molecule has 0 aliphatic rings. The van der Waals surface area contributed by atoms with Crippen LogP contribution in [0.2, 0.25) is 0 Å². The Kier molecular flexibility index (Phi) is 3.50. The number of fused-ring (bicyclic) bond motifs is 2. The molecule has 0 amide bonds. The predicted octanol–water partition coefficient (Wildman–Crippen LogP) is 6.29. The maximum atomic E-state index is 5.30. The number of rotatable bonds is 2. The molecule has 0 saturated carbocycles. The normalized spacial score (nSPS) is 11.1. The first-order valence-corrected chi connectivity index (χ1v) is 8.24. The SMILES string of the molecule is COc1ccc(-c2c(C)c(C)cc3cc4ccccc4cc23)cc1. The van der Waals surface area contributed by atoms with Crippen LogP contribution in [0.3, 0.4) is 0 Å². The van der Waals surface area contributed by atoms with Crippen molar-refractivity contribution in [1.82, 2.24) is 0 Å². The molecule has 0 heterocycles. The zero-order valence-electron chi connectivity index (χ0n) is 14.3. The van der Waals surface area contributed by atoms with E-state index in [1.807, 2.05) is 12.1 Å². The van der Waals surface area contributed by atoms with E-state index >= 15 is 0 Å². The van der Waals surface area contributed by atoms with E-state index < -0.39 is 0 Å². The van der Waals surface area contributed by atoms with Gasteiger partial charge in [0.15, 0.2) is 0 Å². The van der Waals surface area contributed by atoms with Crippen molar-refractivity contribution in [3.63, 3.8) is 0 Å². The Morgan fingerprint density at radius 2 is 1.38 bits per heavy atom. The zero-order valence-corrected chi connectivity index (χ0v) is 14.3. The Balaban J connectivity index is 2.07. The van der Waals surface area contributed by atoms with Gasteiger partial charge in [0.1, 0.15) is 5.75 Å². The molecule has 1 nitrogen and oxygen atoms in total. The van der Waals surface area contributed by atoms with Crippen molar-refractivity contribution in [2.75, 3.05) is 7.11 Å². The highest BCUT2D eigenvalue weighted by atomic mass is 16.5. The average Bonchev–Trinajstić information content (AvgIpc) is 2.62. The molecule has 0 aromatic heterocycles. The molecule has 4 aromatic rings. The van der Waals surface area contributed by atoms with E-state index in [-0.39, 0.29) is 0 Å². The second-order valence-electron chi connectivity index (χ2n) is 6.34. The molecule has 4 aromatic carbocycles. The summed E-state index contributed by atoms with van der Waals surface area (Å²) in [5.74, 6) is 0.888. The van der Waals surface area contributed by atoms with Crippen LogP contribution in [0.1, 0.15) is 11.1 Å². The van der Waals surface area contributed by atoms with E-state index in [1.165, 1.54) is 43.8 Å². The summed E-state index contributed by atoms with van der Waals surface area (Å²) in [6, 6.07) is 23.8. The summed E-state index contributed by atoms with van der Waals surface area (Å²) >= 11 is 0. The summed E-state index contributed by atoms with van der Waals surface area (Å²) in [4.78, 5) is 0. The fourth-order valence-electron chi connectivity index (χ4n) is 3.46. The van der Waals surface area contributed by atoms with Crippen LogP contribution in [0.4, 0.5) is 0 Å². The lowest BCUT2D eigenvalue weighted by Gasteiger charge is -2.15. The number of methoxy groups -OCH3 is 1. The van der Waals surface area contributed by atoms with Gasteiger partial charge in [-0.05, 0) is 81.9 Å². The largest absolute Gasteiger partial charge is 0.497 e. The van der Waals surface area contributed by atoms with E-state index in [0.717, 1.165) is 5.75 Å². The molecule has 118 valence electrons. The van der Waals surface area contributed by atoms with Crippen LogP contribution < -0.4 is 4.74 Å². The van der Waals surface area contributed by atoms with Crippen molar-refractivity contribution < 1.29 is 4.74 Å². The first kappa shape index (κ1) is 14.8. The number of benzene rings is 4. The molecule has 24 heavy (non-hydrogen) atoms. The summed E-state index contributed by atoms with van der Waals surface area (Å²) in [6.45, 7) is 4.40. The number of ether oxygens (including phenoxy) is 1. The lowest BCUT2D eigenvalue weighted by atomic mass is 9.89. The molecule has 0 bridgehead atoms. The van der Waals surface area contributed by atoms with Crippen molar-refractivity contribution >= 4 is 21.5 Å². The second-order valence-corrected chi connectivity index (χ2v) is 6.34. The molecule has 0 radical (unpaired) electrons. The first-order valence-electron chi connectivity index (χ1n) is 8.24. The summed E-state index contributed by atoms with van der Waals surface area (Å²) in [7, 11) is 1.70. The van der Waals surface area contributed by atoms with Crippen LogP contribution in [0.25, 0.3) is 32.7 Å². The highest BCUT2D eigenvalue weighted by Crippen LogP contribution is 2.36. The summed E-state index contributed by atoms with van der Waals surface area (Å²) in [6.07, 6.45) is 0. The Morgan fingerprint density at radius 3 is 2.04 bits per heavy atom. The number of hydrogen-bond donors (Lipinski definition) is 0. The van der Waals surface area contributed by atoms with Crippen LogP contribution in [0.5, 0.6) is 5.75 Å². The Bertz CT molecular complexity index is 1040. The first-order chi connectivity index (χ1) is 11.7. The minimum Gasteiger partial charge on any atom is -0.497 e. The molecule has 1 heteroatoms. The maximum absolute atomic E-state index is 5.30. The minimum atomic E-state index is 0.888. The molecule has 0 atom stereocenters. The van der Waals surface area contributed by atoms with Gasteiger partial charge in [0, 0.05) is 0 Å². The van der Waals surface area contributed by atoms with Crippen molar-refractivity contribution in [2.24, 2.45) is 0 Å². The fraction of sp³-hybridized carbons (Fsp3) is 0.130. The quantitative estimate of drug-likeness (QED) is 0.395. The summed E-state index contributed by atoms with van der Waals surface area (Å²) in [5, 5.41) is 5.17. The van der Waals surface area contributed by atoms with Crippen molar-refractivity contribution in [2.45, 2.75) is 13.8 Å². The third kappa shape index (κ3) is 2.33. The van der Waals surface area contributed by atoms with E-state index in [2.05, 4.69) is 68.4 Å². The monoisotopic (exact) mass is 312 g/mol. The predicted molar refractivity (Wildman–Crippen MR) is 103 cm³/mol. The minimum absolute atomic E-state index is 0.888. The summed E-state index contributed by atoms with van der Waals surface area (Å²) in [5.41, 5.74) is 5.21. The van der Waals surface area contributed by atoms with Gasteiger partial charge >= 0.3 is 0 Å². The Hall–Kier alpha value is -2.80. The standard InChI is InChI=1S/C23H20O/c1-15-12-20-13-18-6-4-5-7-19(18)14-22(20)23(16(15)2)17-8-10-21(24-3)11-9-17/h4-14H,1-3H3. The Labute approximate surface area is 142 Å². The lowest BCUT2D eigenvalue weighted by molar-refractivity contribution is 0.415. The van der Waals surface area contributed by atoms with Gasteiger partial charge in [-0.25, -0.2) is 0 Å². The van der Waals surface area contributed by atoms with Crippen LogP contribution >= 0.6 is 0 Å². The van der Waals surface area contributed by atoms with Gasteiger partial charge in [0.05, 0.1) is 7.11 Å². The lowest BCUT2D eigenvalue weighted by Crippen LogP contribution is -1.91. The smallest absolute Gasteiger partial charge is 0.118 e. The number of aryl methyl sites for hydroxylation is 1. The van der Waals surface area contributed by atoms with Crippen molar-refractivity contribution in [3.8, 4) is 16.9 Å². The average molecular weight is 312 g/mol. The van der Waals surface area contributed by atoms with Gasteiger partial charge in [0.2, 0.25) is 0 Å². The van der Waals surface area contributed by atoms with Crippen molar-refractivity contribution in [1.29, 1.82) is 0 Å². The molecule has 0 N–H and O–H groups in total.